The van der Waals surface area contributed by atoms with Crippen molar-refractivity contribution in [1.29, 1.82) is 0 Å². The highest BCUT2D eigenvalue weighted by Gasteiger charge is 2.53. The average molecular weight is 598 g/mol. The second-order valence-electron chi connectivity index (χ2n) is 9.93. The van der Waals surface area contributed by atoms with Crippen LogP contribution in [0.4, 0.5) is 5.69 Å². The fraction of sp³-hybridized carbons (Fsp3) is 0.0286. The number of benzene rings is 5. The zero-order valence-electron chi connectivity index (χ0n) is 22.7. The molecule has 2 aliphatic rings. The summed E-state index contributed by atoms with van der Waals surface area (Å²) < 4.78 is 23.8. The van der Waals surface area contributed by atoms with Gasteiger partial charge in [-0.1, -0.05) is 42.5 Å². The first-order valence-electron chi connectivity index (χ1n) is 13.4. The zero-order valence-corrected chi connectivity index (χ0v) is 23.5. The quantitative estimate of drug-likeness (QED) is 0.0893. The Morgan fingerprint density at radius 1 is 0.682 bits per heavy atom. The Balaban J connectivity index is 1.34. The van der Waals surface area contributed by atoms with Gasteiger partial charge in [-0.3, -0.25) is 0 Å². The third-order valence-corrected chi connectivity index (χ3v) is 7.44. The summed E-state index contributed by atoms with van der Waals surface area (Å²) >= 11 is 4.74. The summed E-state index contributed by atoms with van der Waals surface area (Å²) in [6.45, 7) is 0. The van der Waals surface area contributed by atoms with E-state index >= 15 is 0 Å². The van der Waals surface area contributed by atoms with Crippen LogP contribution >= 0.6 is 12.2 Å². The van der Waals surface area contributed by atoms with Crippen molar-refractivity contribution < 1.29 is 33.3 Å². The molecular formula is C35H19NO7S. The number of isothiocyanates is 1. The van der Waals surface area contributed by atoms with Crippen LogP contribution in [-0.4, -0.2) is 23.1 Å². The predicted molar refractivity (Wildman–Crippen MR) is 162 cm³/mol. The van der Waals surface area contributed by atoms with Crippen molar-refractivity contribution in [1.82, 2.24) is 0 Å². The van der Waals surface area contributed by atoms with Gasteiger partial charge in [0.2, 0.25) is 0 Å². The van der Waals surface area contributed by atoms with Gasteiger partial charge in [0.15, 0.2) is 5.60 Å². The maximum atomic E-state index is 13.4. The number of nitrogens with zero attached hydrogens (tertiary/aromatic N) is 1. The molecule has 44 heavy (non-hydrogen) atoms. The van der Waals surface area contributed by atoms with Crippen molar-refractivity contribution in [3.8, 4) is 23.0 Å². The van der Waals surface area contributed by atoms with Crippen LogP contribution in [0.25, 0.3) is 0 Å². The average Bonchev–Trinajstić information content (AvgIpc) is 3.33. The van der Waals surface area contributed by atoms with Gasteiger partial charge in [0, 0.05) is 28.8 Å². The second-order valence-corrected chi connectivity index (χ2v) is 10.1. The van der Waals surface area contributed by atoms with E-state index in [4.69, 9.17) is 31.2 Å². The Kier molecular flexibility index (Phi) is 6.59. The second kappa shape index (κ2) is 10.7. The molecule has 2 aliphatic heterocycles. The van der Waals surface area contributed by atoms with E-state index in [1.807, 2.05) is 0 Å². The largest absolute Gasteiger partial charge is 0.456 e. The molecule has 5 aromatic rings. The summed E-state index contributed by atoms with van der Waals surface area (Å²) in [5, 5.41) is 2.31. The van der Waals surface area contributed by atoms with Crippen molar-refractivity contribution in [2.45, 2.75) is 5.60 Å². The monoisotopic (exact) mass is 597 g/mol. The molecule has 0 N–H and O–H groups in total. The highest BCUT2D eigenvalue weighted by atomic mass is 32.1. The number of ether oxygens (including phenoxy) is 4. The summed E-state index contributed by atoms with van der Waals surface area (Å²) in [4.78, 5) is 42.9. The van der Waals surface area contributed by atoms with Crippen molar-refractivity contribution in [2.24, 2.45) is 4.99 Å². The topological polar surface area (TPSA) is 100 Å². The minimum Gasteiger partial charge on any atom is -0.456 e. The number of hydrogen-bond donors (Lipinski definition) is 0. The number of esters is 3. The maximum Gasteiger partial charge on any atom is 0.343 e. The molecule has 0 aromatic heterocycles. The molecule has 0 unspecified atom stereocenters. The summed E-state index contributed by atoms with van der Waals surface area (Å²) in [7, 11) is 0. The van der Waals surface area contributed by atoms with E-state index in [0.29, 0.717) is 39.1 Å². The van der Waals surface area contributed by atoms with Gasteiger partial charge in [0.1, 0.15) is 23.0 Å². The molecule has 0 fully saturated rings. The number of aliphatic imine (C=N–C) groups is 1. The molecule has 212 valence electrons. The lowest BCUT2D eigenvalue weighted by Gasteiger charge is -2.36. The Bertz CT molecular complexity index is 1930. The minimum atomic E-state index is -1.42. The lowest BCUT2D eigenvalue weighted by molar-refractivity contribution is 0.0224. The summed E-state index contributed by atoms with van der Waals surface area (Å²) in [5.41, 5.74) is 1.67. The number of hydrogen-bond acceptors (Lipinski definition) is 9. The fourth-order valence-corrected chi connectivity index (χ4v) is 5.51. The van der Waals surface area contributed by atoms with Crippen LogP contribution in [0.2, 0.25) is 0 Å². The third-order valence-electron chi connectivity index (χ3n) is 7.35. The number of carbonyl (C=O) groups is 3. The highest BCUT2D eigenvalue weighted by Crippen LogP contribution is 2.57. The van der Waals surface area contributed by atoms with Gasteiger partial charge in [-0.15, -0.1) is 0 Å². The van der Waals surface area contributed by atoms with Crippen LogP contribution in [0.3, 0.4) is 0 Å². The third kappa shape index (κ3) is 4.53. The number of carbonyl (C=O) groups excluding carboxylic acids is 3. The molecule has 0 radical (unpaired) electrons. The molecule has 1 spiro atoms. The smallest absolute Gasteiger partial charge is 0.343 e. The molecule has 0 amide bonds. The van der Waals surface area contributed by atoms with Crippen molar-refractivity contribution in [3.05, 3.63) is 149 Å². The Morgan fingerprint density at radius 3 is 1.73 bits per heavy atom. The fourth-order valence-electron chi connectivity index (χ4n) is 5.41. The standard InChI is InChI=1S/C35H19NO7S/c37-32(21-7-3-1-4-8-21)40-24-12-15-28-30(18-24)42-31-19-25(41-33(38)22-9-5-2-6-10-22)13-16-29(31)35(28)27-14-11-23(36-20-44)17-26(27)34(39)43-35/h1-19H. The molecule has 0 saturated carbocycles. The van der Waals surface area contributed by atoms with Crippen LogP contribution in [0.1, 0.15) is 47.8 Å². The van der Waals surface area contributed by atoms with Crippen LogP contribution in [0, 0.1) is 0 Å². The molecule has 8 nitrogen and oxygen atoms in total. The van der Waals surface area contributed by atoms with E-state index in [2.05, 4.69) is 10.2 Å². The Morgan fingerprint density at radius 2 is 1.20 bits per heavy atom. The van der Waals surface area contributed by atoms with E-state index < -0.39 is 23.5 Å². The molecule has 2 heterocycles. The number of rotatable bonds is 5. The summed E-state index contributed by atoms with van der Waals surface area (Å²) in [6, 6.07) is 31.9. The first-order chi connectivity index (χ1) is 21.5. The highest BCUT2D eigenvalue weighted by molar-refractivity contribution is 7.78. The molecule has 0 atom stereocenters. The van der Waals surface area contributed by atoms with Crippen molar-refractivity contribution >= 4 is 41.0 Å². The van der Waals surface area contributed by atoms with E-state index in [1.54, 1.807) is 115 Å². The molecule has 0 bridgehead atoms. The molecule has 5 aromatic carbocycles. The van der Waals surface area contributed by atoms with Crippen LogP contribution in [0.15, 0.2) is 120 Å². The molecule has 7 rings (SSSR count). The normalized spacial score (nSPS) is 13.3. The van der Waals surface area contributed by atoms with E-state index in [0.717, 1.165) is 0 Å². The van der Waals surface area contributed by atoms with Gasteiger partial charge in [0.25, 0.3) is 0 Å². The van der Waals surface area contributed by atoms with Crippen LogP contribution < -0.4 is 14.2 Å². The van der Waals surface area contributed by atoms with Gasteiger partial charge in [-0.25, -0.2) is 14.4 Å². The van der Waals surface area contributed by atoms with Crippen LogP contribution in [-0.2, 0) is 10.3 Å². The van der Waals surface area contributed by atoms with Gasteiger partial charge >= 0.3 is 17.9 Å². The summed E-state index contributed by atoms with van der Waals surface area (Å²) in [6.07, 6.45) is 0. The Hall–Kier alpha value is -5.89. The Labute approximate surface area is 256 Å². The zero-order chi connectivity index (χ0) is 30.3. The first kappa shape index (κ1) is 27.0. The lowest BCUT2D eigenvalue weighted by Crippen LogP contribution is -2.33. The van der Waals surface area contributed by atoms with Gasteiger partial charge in [-0.05, 0) is 72.9 Å². The molecule has 9 heteroatoms. The van der Waals surface area contributed by atoms with E-state index in [9.17, 15) is 14.4 Å². The van der Waals surface area contributed by atoms with E-state index in [1.165, 1.54) is 0 Å². The maximum absolute atomic E-state index is 13.4. The lowest BCUT2D eigenvalue weighted by atomic mass is 9.77. The van der Waals surface area contributed by atoms with E-state index in [-0.39, 0.29) is 23.0 Å². The number of fused-ring (bicyclic) bond motifs is 6. The van der Waals surface area contributed by atoms with Gasteiger partial charge in [0.05, 0.1) is 27.5 Å². The summed E-state index contributed by atoms with van der Waals surface area (Å²) in [5.74, 6) is -0.657. The van der Waals surface area contributed by atoms with Crippen molar-refractivity contribution in [3.63, 3.8) is 0 Å². The van der Waals surface area contributed by atoms with Crippen molar-refractivity contribution in [2.75, 3.05) is 0 Å². The predicted octanol–water partition coefficient (Wildman–Crippen LogP) is 7.43. The molecule has 0 aliphatic carbocycles. The number of thiocarbonyl (C=S) groups is 1. The SMILES string of the molecule is O=C(Oc1ccc2c(c1)Oc1cc(OC(=O)c3ccccc3)ccc1C21OC(=O)c2cc(N=C=S)ccc21)c1ccccc1. The minimum absolute atomic E-state index is 0.220. The van der Waals surface area contributed by atoms with Gasteiger partial charge in [-0.2, -0.15) is 4.99 Å². The molecular weight excluding hydrogens is 578 g/mol. The first-order valence-corrected chi connectivity index (χ1v) is 13.8. The molecule has 0 saturated heterocycles. The van der Waals surface area contributed by atoms with Crippen LogP contribution in [0.5, 0.6) is 23.0 Å². The van der Waals surface area contributed by atoms with Gasteiger partial charge < -0.3 is 18.9 Å².